The van der Waals surface area contributed by atoms with Gasteiger partial charge < -0.3 is 4.90 Å². The number of carbonyl (C=O) groups excluding carboxylic acids is 1. The largest absolute Gasteiger partial charge is 0.335 e. The highest BCUT2D eigenvalue weighted by Crippen LogP contribution is 2.20. The number of carbonyl (C=O) groups is 1. The second kappa shape index (κ2) is 7.42. The Morgan fingerprint density at radius 3 is 2.39 bits per heavy atom. The topological polar surface area (TPSA) is 23.6 Å². The maximum atomic E-state index is 12.7. The molecule has 23 heavy (non-hydrogen) atoms. The molecule has 1 fully saturated rings. The number of nitrogens with zero attached hydrogens (tertiary/aromatic N) is 2. The summed E-state index contributed by atoms with van der Waals surface area (Å²) in [7, 11) is 0. The van der Waals surface area contributed by atoms with Crippen molar-refractivity contribution in [3.8, 4) is 0 Å². The normalized spacial score (nSPS) is 18.0. The predicted octanol–water partition coefficient (Wildman–Crippen LogP) is 3.42. The van der Waals surface area contributed by atoms with Gasteiger partial charge in [-0.1, -0.05) is 48.5 Å². The number of rotatable bonds is 5. The van der Waals surface area contributed by atoms with Crippen molar-refractivity contribution in [2.75, 3.05) is 19.6 Å². The van der Waals surface area contributed by atoms with Crippen molar-refractivity contribution in [2.24, 2.45) is 0 Å². The van der Waals surface area contributed by atoms with Crippen molar-refractivity contribution in [3.63, 3.8) is 0 Å². The first-order valence-corrected chi connectivity index (χ1v) is 8.40. The molecule has 0 N–H and O–H groups in total. The van der Waals surface area contributed by atoms with E-state index >= 15 is 0 Å². The van der Waals surface area contributed by atoms with Crippen LogP contribution in [0.4, 0.5) is 0 Å². The predicted molar refractivity (Wildman–Crippen MR) is 93.3 cm³/mol. The molecule has 1 saturated heterocycles. The minimum absolute atomic E-state index is 0.152. The van der Waals surface area contributed by atoms with Crippen LogP contribution in [0.2, 0.25) is 0 Å². The number of likely N-dealkylation sites (N-methyl/N-ethyl adjacent to an activating group) is 1. The van der Waals surface area contributed by atoms with Gasteiger partial charge in [-0.2, -0.15) is 0 Å². The maximum Gasteiger partial charge on any atom is 0.254 e. The van der Waals surface area contributed by atoms with Gasteiger partial charge in [-0.3, -0.25) is 9.69 Å². The maximum absolute atomic E-state index is 12.7. The zero-order valence-electron chi connectivity index (χ0n) is 13.7. The third-order valence-electron chi connectivity index (χ3n) is 4.56. The zero-order valence-corrected chi connectivity index (χ0v) is 13.7. The van der Waals surface area contributed by atoms with Crippen molar-refractivity contribution in [1.82, 2.24) is 9.80 Å². The van der Waals surface area contributed by atoms with E-state index in [2.05, 4.69) is 36.1 Å². The summed E-state index contributed by atoms with van der Waals surface area (Å²) in [5.74, 6) is 0.152. The Bertz CT molecular complexity index is 627. The van der Waals surface area contributed by atoms with Crippen molar-refractivity contribution in [3.05, 3.63) is 71.8 Å². The minimum Gasteiger partial charge on any atom is -0.335 e. The first kappa shape index (κ1) is 15.8. The number of likely N-dealkylation sites (tertiary alicyclic amines) is 1. The molecule has 0 aliphatic carbocycles. The van der Waals surface area contributed by atoms with E-state index in [0.29, 0.717) is 6.04 Å². The standard InChI is InChI=1S/C20H24N2O/c1-2-22(20(23)18-11-7-4-8-12-18)19-13-14-21(16-19)15-17-9-5-3-6-10-17/h3-12,19H,2,13-16H2,1H3. The Balaban J connectivity index is 1.63. The van der Waals surface area contributed by atoms with Crippen LogP contribution in [0.3, 0.4) is 0 Å². The van der Waals surface area contributed by atoms with E-state index in [1.807, 2.05) is 41.3 Å². The van der Waals surface area contributed by atoms with E-state index in [4.69, 9.17) is 0 Å². The molecule has 3 nitrogen and oxygen atoms in total. The van der Waals surface area contributed by atoms with Crippen molar-refractivity contribution in [1.29, 1.82) is 0 Å². The molecule has 120 valence electrons. The molecule has 2 aromatic rings. The molecule has 0 saturated carbocycles. The molecule has 3 heteroatoms. The van der Waals surface area contributed by atoms with Gasteiger partial charge in [0.15, 0.2) is 0 Å². The van der Waals surface area contributed by atoms with Gasteiger partial charge in [0.2, 0.25) is 0 Å². The van der Waals surface area contributed by atoms with E-state index in [1.165, 1.54) is 5.56 Å². The molecule has 0 aromatic heterocycles. The monoisotopic (exact) mass is 308 g/mol. The van der Waals surface area contributed by atoms with Gasteiger partial charge in [-0.05, 0) is 31.0 Å². The lowest BCUT2D eigenvalue weighted by molar-refractivity contribution is 0.0693. The molecule has 1 heterocycles. The molecule has 0 bridgehead atoms. The van der Waals surface area contributed by atoms with Crippen LogP contribution in [0.15, 0.2) is 60.7 Å². The molecule has 1 atom stereocenters. The van der Waals surface area contributed by atoms with Crippen LogP contribution >= 0.6 is 0 Å². The number of hydrogen-bond donors (Lipinski definition) is 0. The third-order valence-corrected chi connectivity index (χ3v) is 4.56. The lowest BCUT2D eigenvalue weighted by Crippen LogP contribution is -2.41. The minimum atomic E-state index is 0.152. The van der Waals surface area contributed by atoms with E-state index in [9.17, 15) is 4.79 Å². The van der Waals surface area contributed by atoms with Gasteiger partial charge in [-0.25, -0.2) is 0 Å². The summed E-state index contributed by atoms with van der Waals surface area (Å²) >= 11 is 0. The highest BCUT2D eigenvalue weighted by Gasteiger charge is 2.30. The van der Waals surface area contributed by atoms with E-state index < -0.39 is 0 Å². The Kier molecular flexibility index (Phi) is 5.09. The Labute approximate surface area is 138 Å². The highest BCUT2D eigenvalue weighted by atomic mass is 16.2. The van der Waals surface area contributed by atoms with Gasteiger partial charge >= 0.3 is 0 Å². The zero-order chi connectivity index (χ0) is 16.1. The van der Waals surface area contributed by atoms with Crippen LogP contribution in [0, 0.1) is 0 Å². The van der Waals surface area contributed by atoms with Crippen molar-refractivity contribution < 1.29 is 4.79 Å². The van der Waals surface area contributed by atoms with Crippen LogP contribution in [-0.2, 0) is 6.54 Å². The van der Waals surface area contributed by atoms with Crippen LogP contribution in [0.1, 0.15) is 29.3 Å². The van der Waals surface area contributed by atoms with Gasteiger partial charge in [0.25, 0.3) is 5.91 Å². The quantitative estimate of drug-likeness (QED) is 0.845. The summed E-state index contributed by atoms with van der Waals surface area (Å²) in [6.07, 6.45) is 1.05. The summed E-state index contributed by atoms with van der Waals surface area (Å²) in [5, 5.41) is 0. The molecule has 1 amide bonds. The fourth-order valence-electron chi connectivity index (χ4n) is 3.37. The first-order chi connectivity index (χ1) is 11.3. The average Bonchev–Trinajstić information content (AvgIpc) is 3.05. The second-order valence-corrected chi connectivity index (χ2v) is 6.12. The fourth-order valence-corrected chi connectivity index (χ4v) is 3.37. The van der Waals surface area contributed by atoms with Crippen LogP contribution < -0.4 is 0 Å². The second-order valence-electron chi connectivity index (χ2n) is 6.12. The van der Waals surface area contributed by atoms with Gasteiger partial charge in [0.1, 0.15) is 0 Å². The molecular formula is C20H24N2O. The number of hydrogen-bond acceptors (Lipinski definition) is 2. The summed E-state index contributed by atoms with van der Waals surface area (Å²) in [4.78, 5) is 17.2. The molecule has 0 spiro atoms. The smallest absolute Gasteiger partial charge is 0.254 e. The van der Waals surface area contributed by atoms with Gasteiger partial charge in [0, 0.05) is 37.8 Å². The van der Waals surface area contributed by atoms with Crippen LogP contribution in [-0.4, -0.2) is 41.4 Å². The summed E-state index contributed by atoms with van der Waals surface area (Å²) in [5.41, 5.74) is 2.13. The van der Waals surface area contributed by atoms with Gasteiger partial charge in [0.05, 0.1) is 0 Å². The van der Waals surface area contributed by atoms with E-state index in [1.54, 1.807) is 0 Å². The molecule has 1 unspecified atom stereocenters. The Morgan fingerprint density at radius 1 is 1.09 bits per heavy atom. The molecule has 1 aliphatic heterocycles. The lowest BCUT2D eigenvalue weighted by atomic mass is 10.1. The lowest BCUT2D eigenvalue weighted by Gasteiger charge is -2.28. The van der Waals surface area contributed by atoms with Crippen molar-refractivity contribution in [2.45, 2.75) is 25.9 Å². The summed E-state index contributed by atoms with van der Waals surface area (Å²) in [6, 6.07) is 20.5. The number of amides is 1. The van der Waals surface area contributed by atoms with Crippen molar-refractivity contribution >= 4 is 5.91 Å². The molecule has 0 radical (unpaired) electrons. The average molecular weight is 308 g/mol. The summed E-state index contributed by atoms with van der Waals surface area (Å²) < 4.78 is 0. The van der Waals surface area contributed by atoms with E-state index in [-0.39, 0.29) is 5.91 Å². The third kappa shape index (κ3) is 3.80. The SMILES string of the molecule is CCN(C(=O)c1ccccc1)C1CCN(Cc2ccccc2)C1. The number of benzene rings is 2. The van der Waals surface area contributed by atoms with Gasteiger partial charge in [-0.15, -0.1) is 0 Å². The van der Waals surface area contributed by atoms with Crippen LogP contribution in [0.5, 0.6) is 0 Å². The molecular weight excluding hydrogens is 284 g/mol. The first-order valence-electron chi connectivity index (χ1n) is 8.40. The molecule has 2 aromatic carbocycles. The molecule has 3 rings (SSSR count). The molecule has 1 aliphatic rings. The fraction of sp³-hybridized carbons (Fsp3) is 0.350. The van der Waals surface area contributed by atoms with Crippen LogP contribution in [0.25, 0.3) is 0 Å². The highest BCUT2D eigenvalue weighted by molar-refractivity contribution is 5.94. The summed E-state index contributed by atoms with van der Waals surface area (Å²) in [6.45, 7) is 5.81. The Hall–Kier alpha value is -2.13. The Morgan fingerprint density at radius 2 is 1.74 bits per heavy atom. The van der Waals surface area contributed by atoms with E-state index in [0.717, 1.165) is 38.2 Å².